The van der Waals surface area contributed by atoms with Crippen LogP contribution in [0.1, 0.15) is 36.0 Å². The minimum atomic E-state index is -3.81. The molecular formula is C16H21NO7S. The third-order valence-electron chi connectivity index (χ3n) is 4.29. The number of hydrogen-bond donors (Lipinski definition) is 2. The zero-order valence-electron chi connectivity index (χ0n) is 14.0. The molecule has 1 aliphatic rings. The van der Waals surface area contributed by atoms with Gasteiger partial charge in [-0.05, 0) is 37.8 Å². The van der Waals surface area contributed by atoms with Crippen molar-refractivity contribution in [2.45, 2.75) is 36.6 Å². The number of esters is 1. The van der Waals surface area contributed by atoms with E-state index in [9.17, 15) is 18.0 Å². The minimum absolute atomic E-state index is 0.0302. The van der Waals surface area contributed by atoms with Gasteiger partial charge >= 0.3 is 11.9 Å². The van der Waals surface area contributed by atoms with Crippen molar-refractivity contribution in [3.8, 4) is 5.75 Å². The van der Waals surface area contributed by atoms with Gasteiger partial charge in [0, 0.05) is 12.1 Å². The van der Waals surface area contributed by atoms with E-state index in [1.54, 1.807) is 0 Å². The summed E-state index contributed by atoms with van der Waals surface area (Å²) in [5.41, 5.74) is 0.130. The number of sulfonamides is 1. The van der Waals surface area contributed by atoms with Crippen molar-refractivity contribution >= 4 is 22.0 Å². The van der Waals surface area contributed by atoms with Gasteiger partial charge in [0.1, 0.15) is 11.3 Å². The molecule has 25 heavy (non-hydrogen) atoms. The number of methoxy groups -OCH3 is 2. The third-order valence-corrected chi connectivity index (χ3v) is 5.81. The van der Waals surface area contributed by atoms with E-state index in [2.05, 4.69) is 9.46 Å². The summed E-state index contributed by atoms with van der Waals surface area (Å²) in [6, 6.07) is 3.59. The van der Waals surface area contributed by atoms with E-state index < -0.39 is 27.9 Å². The molecule has 0 spiro atoms. The van der Waals surface area contributed by atoms with E-state index in [1.165, 1.54) is 32.4 Å². The summed E-state index contributed by atoms with van der Waals surface area (Å²) in [6.45, 7) is 0. The number of carboxylic acids is 1. The molecule has 9 heteroatoms. The smallest absolute Gasteiger partial charge is 0.341 e. The van der Waals surface area contributed by atoms with Gasteiger partial charge in [0.15, 0.2) is 0 Å². The molecule has 8 nitrogen and oxygen atoms in total. The molecule has 0 aromatic heterocycles. The first-order chi connectivity index (χ1) is 11.8. The first kappa shape index (κ1) is 19.2. The highest BCUT2D eigenvalue weighted by molar-refractivity contribution is 7.89. The van der Waals surface area contributed by atoms with Crippen molar-refractivity contribution in [1.82, 2.24) is 4.72 Å². The van der Waals surface area contributed by atoms with Crippen molar-refractivity contribution in [1.29, 1.82) is 0 Å². The lowest BCUT2D eigenvalue weighted by atomic mass is 9.87. The average molecular weight is 371 g/mol. The maximum absolute atomic E-state index is 12.5. The van der Waals surface area contributed by atoms with Crippen LogP contribution in [-0.4, -0.2) is 45.7 Å². The molecule has 0 unspecified atom stereocenters. The zero-order valence-corrected chi connectivity index (χ0v) is 14.8. The van der Waals surface area contributed by atoms with E-state index >= 15 is 0 Å². The summed E-state index contributed by atoms with van der Waals surface area (Å²) in [4.78, 5) is 22.6. The Hall–Kier alpha value is -2.13. The number of hydrogen-bond acceptors (Lipinski definition) is 6. The van der Waals surface area contributed by atoms with Gasteiger partial charge < -0.3 is 14.6 Å². The van der Waals surface area contributed by atoms with Crippen LogP contribution in [0, 0.1) is 5.92 Å². The Morgan fingerprint density at radius 2 is 1.80 bits per heavy atom. The van der Waals surface area contributed by atoms with Crippen LogP contribution in [-0.2, 0) is 19.6 Å². The maximum atomic E-state index is 12.5. The Kier molecular flexibility index (Phi) is 6.02. The predicted octanol–water partition coefficient (Wildman–Crippen LogP) is 1.40. The molecule has 0 atom stereocenters. The number of ether oxygens (including phenoxy) is 2. The number of rotatable bonds is 6. The van der Waals surface area contributed by atoms with Crippen molar-refractivity contribution in [2.75, 3.05) is 14.2 Å². The number of carbonyl (C=O) groups is 2. The molecule has 1 aromatic rings. The topological polar surface area (TPSA) is 119 Å². The van der Waals surface area contributed by atoms with E-state index in [4.69, 9.17) is 9.84 Å². The highest BCUT2D eigenvalue weighted by Crippen LogP contribution is 2.27. The molecule has 2 N–H and O–H groups in total. The Bertz CT molecular complexity index is 752. The SMILES string of the molecule is COC(=O)c1ccc(S(=O)(=O)NC2CCC(C(=O)O)CC2)cc1OC. The largest absolute Gasteiger partial charge is 0.496 e. The molecule has 0 aliphatic heterocycles. The molecule has 0 heterocycles. The Balaban J connectivity index is 2.14. The first-order valence-corrected chi connectivity index (χ1v) is 9.28. The monoisotopic (exact) mass is 371 g/mol. The van der Waals surface area contributed by atoms with Crippen molar-refractivity contribution in [3.63, 3.8) is 0 Å². The van der Waals surface area contributed by atoms with Gasteiger partial charge in [-0.15, -0.1) is 0 Å². The van der Waals surface area contributed by atoms with Crippen LogP contribution < -0.4 is 9.46 Å². The summed E-state index contributed by atoms with van der Waals surface area (Å²) in [7, 11) is -1.25. The highest BCUT2D eigenvalue weighted by Gasteiger charge is 2.29. The van der Waals surface area contributed by atoms with Crippen LogP contribution in [0.4, 0.5) is 0 Å². The molecule has 2 rings (SSSR count). The van der Waals surface area contributed by atoms with Gasteiger partial charge in [0.05, 0.1) is 25.0 Å². The molecule has 1 fully saturated rings. The van der Waals surface area contributed by atoms with E-state index in [-0.39, 0.29) is 22.3 Å². The molecular weight excluding hydrogens is 350 g/mol. The number of aliphatic carboxylic acids is 1. The van der Waals surface area contributed by atoms with E-state index in [0.717, 1.165) is 0 Å². The summed E-state index contributed by atoms with van der Waals surface area (Å²) in [5, 5.41) is 8.99. The van der Waals surface area contributed by atoms with Crippen molar-refractivity contribution < 1.29 is 32.6 Å². The minimum Gasteiger partial charge on any atom is -0.496 e. The lowest BCUT2D eigenvalue weighted by Gasteiger charge is -2.26. The zero-order chi connectivity index (χ0) is 18.6. The highest BCUT2D eigenvalue weighted by atomic mass is 32.2. The summed E-state index contributed by atoms with van der Waals surface area (Å²) < 4.78 is 37.4. The van der Waals surface area contributed by atoms with Gasteiger partial charge in [0.25, 0.3) is 0 Å². The van der Waals surface area contributed by atoms with Crippen LogP contribution in [0.2, 0.25) is 0 Å². The second-order valence-electron chi connectivity index (χ2n) is 5.86. The van der Waals surface area contributed by atoms with Gasteiger partial charge in [-0.1, -0.05) is 0 Å². The molecule has 1 saturated carbocycles. The molecule has 0 saturated heterocycles. The molecule has 138 valence electrons. The fourth-order valence-corrected chi connectivity index (χ4v) is 4.18. The van der Waals surface area contributed by atoms with Gasteiger partial charge in [-0.25, -0.2) is 17.9 Å². The van der Waals surface area contributed by atoms with Crippen LogP contribution in [0.5, 0.6) is 5.75 Å². The normalized spacial score (nSPS) is 20.7. The predicted molar refractivity (Wildman–Crippen MR) is 88.0 cm³/mol. The van der Waals surface area contributed by atoms with Gasteiger partial charge in [-0.2, -0.15) is 0 Å². The fraction of sp³-hybridized carbons (Fsp3) is 0.500. The molecule has 0 bridgehead atoms. The van der Waals surface area contributed by atoms with Crippen molar-refractivity contribution in [2.24, 2.45) is 5.92 Å². The Morgan fingerprint density at radius 1 is 1.16 bits per heavy atom. The summed E-state index contributed by atoms with van der Waals surface area (Å²) in [6.07, 6.45) is 1.81. The molecule has 0 radical (unpaired) electrons. The Labute approximate surface area is 146 Å². The van der Waals surface area contributed by atoms with Crippen LogP contribution in [0.3, 0.4) is 0 Å². The third kappa shape index (κ3) is 4.49. The van der Waals surface area contributed by atoms with E-state index in [1.807, 2.05) is 0 Å². The summed E-state index contributed by atoms with van der Waals surface area (Å²) >= 11 is 0. The standard InChI is InChI=1S/C16H21NO7S/c1-23-14-9-12(7-8-13(14)16(20)24-2)25(21,22)17-11-5-3-10(4-6-11)15(18)19/h7-11,17H,3-6H2,1-2H3,(H,18,19). The average Bonchev–Trinajstić information content (AvgIpc) is 2.60. The van der Waals surface area contributed by atoms with E-state index in [0.29, 0.717) is 25.7 Å². The van der Waals surface area contributed by atoms with Gasteiger partial charge in [-0.3, -0.25) is 4.79 Å². The molecule has 0 amide bonds. The van der Waals surface area contributed by atoms with Crippen molar-refractivity contribution in [3.05, 3.63) is 23.8 Å². The maximum Gasteiger partial charge on any atom is 0.341 e. The number of carbonyl (C=O) groups excluding carboxylic acids is 1. The van der Waals surface area contributed by atoms with Crippen LogP contribution in [0.15, 0.2) is 23.1 Å². The number of carboxylic acid groups (broad SMARTS) is 1. The lowest BCUT2D eigenvalue weighted by Crippen LogP contribution is -2.38. The molecule has 1 aliphatic carbocycles. The second kappa shape index (κ2) is 7.83. The Morgan fingerprint density at radius 3 is 2.32 bits per heavy atom. The number of nitrogens with one attached hydrogen (secondary N) is 1. The van der Waals surface area contributed by atoms with Gasteiger partial charge in [0.2, 0.25) is 10.0 Å². The quantitative estimate of drug-likeness (QED) is 0.726. The van der Waals surface area contributed by atoms with Crippen LogP contribution >= 0.6 is 0 Å². The summed E-state index contributed by atoms with van der Waals surface area (Å²) in [5.74, 6) is -1.78. The lowest BCUT2D eigenvalue weighted by molar-refractivity contribution is -0.142. The second-order valence-corrected chi connectivity index (χ2v) is 7.58. The van der Waals surface area contributed by atoms with Crippen LogP contribution in [0.25, 0.3) is 0 Å². The fourth-order valence-electron chi connectivity index (χ4n) is 2.86. The molecule has 1 aromatic carbocycles. The number of benzene rings is 1. The first-order valence-electron chi connectivity index (χ1n) is 7.80.